The summed E-state index contributed by atoms with van der Waals surface area (Å²) in [5.41, 5.74) is 2.90. The number of nitrogens with zero attached hydrogens (tertiary/aromatic N) is 2. The van der Waals surface area contributed by atoms with Crippen LogP contribution >= 0.6 is 11.6 Å². The highest BCUT2D eigenvalue weighted by molar-refractivity contribution is 6.30. The Morgan fingerprint density at radius 1 is 0.742 bits per heavy atom. The fourth-order valence-electron chi connectivity index (χ4n) is 3.51. The maximum absolute atomic E-state index is 12.7. The normalized spacial score (nSPS) is 13.6. The highest BCUT2D eigenvalue weighted by atomic mass is 35.5. The molecule has 6 nitrogen and oxygen atoms in total. The summed E-state index contributed by atoms with van der Waals surface area (Å²) >= 11 is 6.09. The van der Waals surface area contributed by atoms with Gasteiger partial charge in [0.25, 0.3) is 5.91 Å². The van der Waals surface area contributed by atoms with E-state index in [0.717, 1.165) is 18.8 Å². The van der Waals surface area contributed by atoms with E-state index in [1.165, 1.54) is 0 Å². The molecular formula is C24H23ClN4O2. The second-order valence-corrected chi connectivity index (χ2v) is 7.72. The maximum atomic E-state index is 12.7. The van der Waals surface area contributed by atoms with E-state index in [-0.39, 0.29) is 11.9 Å². The van der Waals surface area contributed by atoms with Crippen LogP contribution in [0.2, 0.25) is 5.02 Å². The van der Waals surface area contributed by atoms with Crippen molar-refractivity contribution in [3.63, 3.8) is 0 Å². The van der Waals surface area contributed by atoms with E-state index in [2.05, 4.69) is 15.5 Å². The molecule has 1 saturated heterocycles. The van der Waals surface area contributed by atoms with Crippen molar-refractivity contribution in [2.24, 2.45) is 0 Å². The number of nitrogens with one attached hydrogen (secondary N) is 2. The number of halogens is 1. The van der Waals surface area contributed by atoms with Crippen LogP contribution in [0, 0.1) is 0 Å². The van der Waals surface area contributed by atoms with Crippen molar-refractivity contribution in [3.05, 3.63) is 89.4 Å². The van der Waals surface area contributed by atoms with Gasteiger partial charge in [-0.1, -0.05) is 41.9 Å². The molecule has 3 aromatic carbocycles. The fourth-order valence-corrected chi connectivity index (χ4v) is 3.70. The number of urea groups is 1. The van der Waals surface area contributed by atoms with Gasteiger partial charge in [0.15, 0.2) is 0 Å². The number of amides is 3. The minimum absolute atomic E-state index is 0.155. The number of benzene rings is 3. The molecule has 0 atom stereocenters. The van der Waals surface area contributed by atoms with Gasteiger partial charge in [0.2, 0.25) is 0 Å². The molecule has 158 valence electrons. The van der Waals surface area contributed by atoms with Crippen molar-refractivity contribution in [3.8, 4) is 0 Å². The minimum Gasteiger partial charge on any atom is -0.368 e. The molecule has 3 amide bonds. The van der Waals surface area contributed by atoms with E-state index in [1.54, 1.807) is 41.3 Å². The average molecular weight is 435 g/mol. The van der Waals surface area contributed by atoms with Crippen molar-refractivity contribution in [1.29, 1.82) is 0 Å². The fraction of sp³-hybridized carbons (Fsp3) is 0.167. The summed E-state index contributed by atoms with van der Waals surface area (Å²) in [7, 11) is 0. The zero-order valence-electron chi connectivity index (χ0n) is 16.9. The lowest BCUT2D eigenvalue weighted by Gasteiger charge is -2.36. The third-order valence-corrected chi connectivity index (χ3v) is 5.38. The Bertz CT molecular complexity index is 1070. The first kappa shape index (κ1) is 20.8. The quantitative estimate of drug-likeness (QED) is 0.610. The van der Waals surface area contributed by atoms with Crippen LogP contribution in [0.5, 0.6) is 0 Å². The van der Waals surface area contributed by atoms with Gasteiger partial charge in [-0.2, -0.15) is 0 Å². The smallest absolute Gasteiger partial charge is 0.321 e. The third kappa shape index (κ3) is 5.35. The van der Waals surface area contributed by atoms with Crippen LogP contribution in [0.25, 0.3) is 0 Å². The predicted octanol–water partition coefficient (Wildman–Crippen LogP) is 4.95. The zero-order valence-corrected chi connectivity index (χ0v) is 17.7. The number of piperazine rings is 1. The largest absolute Gasteiger partial charge is 0.368 e. The van der Waals surface area contributed by atoms with Gasteiger partial charge in [0.05, 0.1) is 0 Å². The predicted molar refractivity (Wildman–Crippen MR) is 125 cm³/mol. The molecule has 0 aromatic heterocycles. The molecule has 0 aliphatic carbocycles. The molecule has 0 unspecified atom stereocenters. The van der Waals surface area contributed by atoms with E-state index in [9.17, 15) is 9.59 Å². The van der Waals surface area contributed by atoms with Gasteiger partial charge in [0, 0.05) is 53.8 Å². The van der Waals surface area contributed by atoms with Crippen molar-refractivity contribution in [1.82, 2.24) is 4.90 Å². The van der Waals surface area contributed by atoms with Crippen LogP contribution in [-0.4, -0.2) is 43.0 Å². The zero-order chi connectivity index (χ0) is 21.6. The monoisotopic (exact) mass is 434 g/mol. The minimum atomic E-state index is -0.193. The molecule has 1 fully saturated rings. The Kier molecular flexibility index (Phi) is 6.38. The Hall–Kier alpha value is -3.51. The summed E-state index contributed by atoms with van der Waals surface area (Å²) in [4.78, 5) is 29.1. The van der Waals surface area contributed by atoms with Crippen LogP contribution < -0.4 is 15.5 Å². The number of hydrogen-bond donors (Lipinski definition) is 2. The van der Waals surface area contributed by atoms with Crippen LogP contribution in [0.3, 0.4) is 0 Å². The lowest BCUT2D eigenvalue weighted by molar-refractivity contribution is 0.102. The van der Waals surface area contributed by atoms with E-state index < -0.39 is 0 Å². The number of carbonyl (C=O) groups excluding carboxylic acids is 2. The van der Waals surface area contributed by atoms with Gasteiger partial charge in [-0.25, -0.2) is 4.79 Å². The summed E-state index contributed by atoms with van der Waals surface area (Å²) in [6.45, 7) is 2.70. The maximum Gasteiger partial charge on any atom is 0.321 e. The molecule has 0 spiro atoms. The summed E-state index contributed by atoms with van der Waals surface area (Å²) in [5, 5.41) is 6.49. The van der Waals surface area contributed by atoms with Crippen molar-refractivity contribution in [2.75, 3.05) is 41.7 Å². The van der Waals surface area contributed by atoms with Gasteiger partial charge in [-0.3, -0.25) is 4.79 Å². The first-order chi connectivity index (χ1) is 15.1. The van der Waals surface area contributed by atoms with Gasteiger partial charge in [0.1, 0.15) is 0 Å². The van der Waals surface area contributed by atoms with E-state index in [1.807, 2.05) is 42.5 Å². The van der Waals surface area contributed by atoms with Gasteiger partial charge >= 0.3 is 6.03 Å². The van der Waals surface area contributed by atoms with Crippen LogP contribution in [-0.2, 0) is 0 Å². The molecule has 31 heavy (non-hydrogen) atoms. The summed E-state index contributed by atoms with van der Waals surface area (Å²) < 4.78 is 0. The van der Waals surface area contributed by atoms with E-state index in [4.69, 9.17) is 11.6 Å². The number of hydrogen-bond acceptors (Lipinski definition) is 3. The number of anilines is 3. The van der Waals surface area contributed by atoms with Crippen molar-refractivity contribution < 1.29 is 9.59 Å². The lowest BCUT2D eigenvalue weighted by atomic mass is 10.2. The van der Waals surface area contributed by atoms with Crippen LogP contribution in [0.1, 0.15) is 10.4 Å². The summed E-state index contributed by atoms with van der Waals surface area (Å²) in [5.74, 6) is -0.193. The third-order valence-electron chi connectivity index (χ3n) is 5.15. The molecule has 3 aromatic rings. The van der Waals surface area contributed by atoms with E-state index in [0.29, 0.717) is 35.1 Å². The molecule has 2 N–H and O–H groups in total. The lowest BCUT2D eigenvalue weighted by Crippen LogP contribution is -2.50. The Morgan fingerprint density at radius 3 is 2.13 bits per heavy atom. The van der Waals surface area contributed by atoms with Gasteiger partial charge in [-0.15, -0.1) is 0 Å². The van der Waals surface area contributed by atoms with Crippen molar-refractivity contribution in [2.45, 2.75) is 0 Å². The Balaban J connectivity index is 1.33. The van der Waals surface area contributed by atoms with Gasteiger partial charge in [-0.05, 0) is 48.5 Å². The topological polar surface area (TPSA) is 64.7 Å². The standard InChI is InChI=1S/C24H23ClN4O2/c25-19-8-4-11-22(16-19)28-12-14-29(15-13-28)24(31)27-21-10-5-9-20(17-21)26-23(30)18-6-2-1-3-7-18/h1-11,16-17H,12-15H2,(H,26,30)(H,27,31). The molecule has 1 aliphatic rings. The molecule has 7 heteroatoms. The molecule has 1 heterocycles. The summed E-state index contributed by atoms with van der Waals surface area (Å²) in [6.07, 6.45) is 0. The molecule has 1 aliphatic heterocycles. The number of rotatable bonds is 4. The second-order valence-electron chi connectivity index (χ2n) is 7.29. The average Bonchev–Trinajstić information content (AvgIpc) is 2.80. The van der Waals surface area contributed by atoms with E-state index >= 15 is 0 Å². The van der Waals surface area contributed by atoms with Gasteiger partial charge < -0.3 is 20.4 Å². The SMILES string of the molecule is O=C(Nc1cccc(NC(=O)N2CCN(c3cccc(Cl)c3)CC2)c1)c1ccccc1. The Morgan fingerprint density at radius 2 is 1.42 bits per heavy atom. The first-order valence-electron chi connectivity index (χ1n) is 10.1. The molecule has 0 radical (unpaired) electrons. The molecule has 4 rings (SSSR count). The second kappa shape index (κ2) is 9.53. The first-order valence-corrected chi connectivity index (χ1v) is 10.5. The molecule has 0 bridgehead atoms. The van der Waals surface area contributed by atoms with Crippen LogP contribution in [0.15, 0.2) is 78.9 Å². The number of carbonyl (C=O) groups is 2. The highest BCUT2D eigenvalue weighted by Gasteiger charge is 2.21. The highest BCUT2D eigenvalue weighted by Crippen LogP contribution is 2.21. The van der Waals surface area contributed by atoms with Crippen molar-refractivity contribution >= 4 is 40.6 Å². The summed E-state index contributed by atoms with van der Waals surface area (Å²) in [6, 6.07) is 23.7. The molecule has 0 saturated carbocycles. The molecular weight excluding hydrogens is 412 g/mol. The Labute approximate surface area is 186 Å². The van der Waals surface area contributed by atoms with Crippen LogP contribution in [0.4, 0.5) is 21.9 Å².